The summed E-state index contributed by atoms with van der Waals surface area (Å²) >= 11 is 0. The third-order valence-corrected chi connectivity index (χ3v) is 4.86. The van der Waals surface area contributed by atoms with Crippen molar-refractivity contribution in [3.8, 4) is 11.5 Å². The van der Waals surface area contributed by atoms with Crippen molar-refractivity contribution in [3.05, 3.63) is 59.7 Å². The normalized spacial score (nSPS) is 19.1. The average Bonchev–Trinajstić information content (AvgIpc) is 3.70. The van der Waals surface area contributed by atoms with Gasteiger partial charge in [0.1, 0.15) is 23.7 Å². The van der Waals surface area contributed by atoms with Gasteiger partial charge in [-0.15, -0.1) is 0 Å². The summed E-state index contributed by atoms with van der Waals surface area (Å²) in [4.78, 5) is 12.4. The van der Waals surface area contributed by atoms with E-state index in [1.807, 2.05) is 12.1 Å². The third-order valence-electron chi connectivity index (χ3n) is 4.86. The van der Waals surface area contributed by atoms with Crippen LogP contribution in [0.5, 0.6) is 11.5 Å². The zero-order chi connectivity index (χ0) is 21.3. The lowest BCUT2D eigenvalue weighted by molar-refractivity contribution is 0.0734. The molecule has 0 amide bonds. The SMILES string of the molecule is O=C(Oc1ccc(COCC2CO2)cc1)c1ccc(OCCCCOCC2CO2)cc1. The molecule has 2 aliphatic rings. The van der Waals surface area contributed by atoms with E-state index in [-0.39, 0.29) is 6.10 Å². The maximum Gasteiger partial charge on any atom is 0.343 e. The van der Waals surface area contributed by atoms with Crippen molar-refractivity contribution in [1.29, 1.82) is 0 Å². The van der Waals surface area contributed by atoms with Gasteiger partial charge in [-0.2, -0.15) is 0 Å². The Hall–Kier alpha value is -2.45. The first-order valence-corrected chi connectivity index (χ1v) is 10.7. The number of benzene rings is 2. The number of carbonyl (C=O) groups is 1. The van der Waals surface area contributed by atoms with Crippen molar-refractivity contribution in [3.63, 3.8) is 0 Å². The lowest BCUT2D eigenvalue weighted by Gasteiger charge is -2.08. The molecule has 0 N–H and O–H groups in total. The van der Waals surface area contributed by atoms with Crippen LogP contribution in [-0.2, 0) is 25.6 Å². The highest BCUT2D eigenvalue weighted by Gasteiger charge is 2.22. The number of esters is 1. The largest absolute Gasteiger partial charge is 0.494 e. The van der Waals surface area contributed by atoms with Crippen molar-refractivity contribution in [1.82, 2.24) is 0 Å². The first-order chi connectivity index (χ1) is 15.3. The predicted molar refractivity (Wildman–Crippen MR) is 113 cm³/mol. The molecule has 0 aromatic heterocycles. The van der Waals surface area contributed by atoms with E-state index in [9.17, 15) is 4.79 Å². The molecule has 7 heteroatoms. The van der Waals surface area contributed by atoms with Crippen molar-refractivity contribution < 1.29 is 33.2 Å². The molecule has 2 heterocycles. The fourth-order valence-electron chi connectivity index (χ4n) is 2.85. The minimum absolute atomic E-state index is 0.254. The molecule has 2 aromatic carbocycles. The number of epoxide rings is 2. The second-order valence-corrected chi connectivity index (χ2v) is 7.61. The molecule has 2 saturated heterocycles. The molecule has 2 atom stereocenters. The number of hydrogen-bond donors (Lipinski definition) is 0. The molecule has 166 valence electrons. The van der Waals surface area contributed by atoms with E-state index >= 15 is 0 Å². The molecule has 31 heavy (non-hydrogen) atoms. The van der Waals surface area contributed by atoms with Gasteiger partial charge in [-0.05, 0) is 54.8 Å². The first kappa shape index (κ1) is 21.8. The molecular weight excluding hydrogens is 400 g/mol. The number of ether oxygens (including phenoxy) is 6. The van der Waals surface area contributed by atoms with E-state index in [0.29, 0.717) is 43.8 Å². The van der Waals surface area contributed by atoms with Crippen molar-refractivity contribution in [2.75, 3.05) is 39.6 Å². The fourth-order valence-corrected chi connectivity index (χ4v) is 2.85. The Morgan fingerprint density at radius 1 is 0.806 bits per heavy atom. The van der Waals surface area contributed by atoms with Crippen LogP contribution in [0.15, 0.2) is 48.5 Å². The van der Waals surface area contributed by atoms with Crippen LogP contribution in [0.25, 0.3) is 0 Å². The zero-order valence-corrected chi connectivity index (χ0v) is 17.5. The summed E-state index contributed by atoms with van der Waals surface area (Å²) < 4.78 is 32.4. The molecule has 4 rings (SSSR count). The average molecular weight is 428 g/mol. The Morgan fingerprint density at radius 2 is 1.42 bits per heavy atom. The highest BCUT2D eigenvalue weighted by Crippen LogP contribution is 2.18. The molecule has 7 nitrogen and oxygen atoms in total. The molecular formula is C24H28O7. The summed E-state index contributed by atoms with van der Waals surface area (Å²) in [6, 6.07) is 14.3. The Labute approximate surface area is 182 Å². The van der Waals surface area contributed by atoms with Crippen LogP contribution in [0.2, 0.25) is 0 Å². The van der Waals surface area contributed by atoms with Gasteiger partial charge in [0, 0.05) is 6.61 Å². The minimum Gasteiger partial charge on any atom is -0.494 e. The number of unbranched alkanes of at least 4 members (excludes halogenated alkanes) is 1. The van der Waals surface area contributed by atoms with E-state index in [1.54, 1.807) is 36.4 Å². The van der Waals surface area contributed by atoms with Gasteiger partial charge in [-0.3, -0.25) is 0 Å². The lowest BCUT2D eigenvalue weighted by Crippen LogP contribution is -2.08. The summed E-state index contributed by atoms with van der Waals surface area (Å²) in [5.41, 5.74) is 1.49. The second-order valence-electron chi connectivity index (χ2n) is 7.61. The van der Waals surface area contributed by atoms with Gasteiger partial charge in [-0.25, -0.2) is 4.79 Å². The number of carbonyl (C=O) groups excluding carboxylic acids is 1. The molecule has 0 saturated carbocycles. The second kappa shape index (κ2) is 11.2. The van der Waals surface area contributed by atoms with E-state index in [1.165, 1.54) is 0 Å². The molecule has 2 fully saturated rings. The number of hydrogen-bond acceptors (Lipinski definition) is 7. The maximum atomic E-state index is 12.4. The molecule has 2 aromatic rings. The van der Waals surface area contributed by atoms with Crippen molar-refractivity contribution >= 4 is 5.97 Å². The van der Waals surface area contributed by atoms with Crippen LogP contribution in [0.3, 0.4) is 0 Å². The molecule has 0 spiro atoms. The third kappa shape index (κ3) is 7.95. The number of rotatable bonds is 14. The summed E-state index contributed by atoms with van der Waals surface area (Å²) in [7, 11) is 0. The highest BCUT2D eigenvalue weighted by atomic mass is 16.6. The molecule has 2 aliphatic heterocycles. The van der Waals surface area contributed by atoms with Crippen LogP contribution in [0, 0.1) is 0 Å². The monoisotopic (exact) mass is 428 g/mol. The van der Waals surface area contributed by atoms with E-state index in [0.717, 1.165) is 44.0 Å². The van der Waals surface area contributed by atoms with Crippen molar-refractivity contribution in [2.24, 2.45) is 0 Å². The van der Waals surface area contributed by atoms with Gasteiger partial charge in [0.15, 0.2) is 0 Å². The van der Waals surface area contributed by atoms with Gasteiger partial charge in [-0.1, -0.05) is 12.1 Å². The van der Waals surface area contributed by atoms with Gasteiger partial charge >= 0.3 is 5.97 Å². The van der Waals surface area contributed by atoms with E-state index < -0.39 is 5.97 Å². The van der Waals surface area contributed by atoms with Gasteiger partial charge in [0.2, 0.25) is 0 Å². The summed E-state index contributed by atoms with van der Waals surface area (Å²) in [5, 5.41) is 0. The highest BCUT2D eigenvalue weighted by molar-refractivity contribution is 5.91. The summed E-state index contributed by atoms with van der Waals surface area (Å²) in [6.45, 7) is 4.75. The van der Waals surface area contributed by atoms with Gasteiger partial charge in [0.05, 0.1) is 45.2 Å². The minimum atomic E-state index is -0.404. The Bertz CT molecular complexity index is 811. The predicted octanol–water partition coefficient (Wildman–Crippen LogP) is 3.40. The van der Waals surface area contributed by atoms with Crippen LogP contribution < -0.4 is 9.47 Å². The van der Waals surface area contributed by atoms with Crippen LogP contribution in [-0.4, -0.2) is 57.8 Å². The molecule has 0 bridgehead atoms. The molecule has 0 aliphatic carbocycles. The smallest absolute Gasteiger partial charge is 0.343 e. The zero-order valence-electron chi connectivity index (χ0n) is 17.5. The van der Waals surface area contributed by atoms with Crippen LogP contribution in [0.1, 0.15) is 28.8 Å². The fraction of sp³-hybridized carbons (Fsp3) is 0.458. The van der Waals surface area contributed by atoms with Crippen LogP contribution >= 0.6 is 0 Å². The quantitative estimate of drug-likeness (QED) is 0.197. The Morgan fingerprint density at radius 3 is 2.10 bits per heavy atom. The summed E-state index contributed by atoms with van der Waals surface area (Å²) in [5.74, 6) is 0.818. The van der Waals surface area contributed by atoms with Crippen molar-refractivity contribution in [2.45, 2.75) is 31.7 Å². The molecule has 0 radical (unpaired) electrons. The molecule has 2 unspecified atom stereocenters. The Kier molecular flexibility index (Phi) is 7.90. The van der Waals surface area contributed by atoms with E-state index in [2.05, 4.69) is 0 Å². The maximum absolute atomic E-state index is 12.4. The lowest BCUT2D eigenvalue weighted by atomic mass is 10.2. The van der Waals surface area contributed by atoms with Gasteiger partial charge < -0.3 is 28.4 Å². The first-order valence-electron chi connectivity index (χ1n) is 10.7. The van der Waals surface area contributed by atoms with Crippen LogP contribution in [0.4, 0.5) is 0 Å². The Balaban J connectivity index is 1.13. The summed E-state index contributed by atoms with van der Waals surface area (Å²) in [6.07, 6.45) is 2.42. The standard InChI is InChI=1S/C24H28O7/c25-24(31-21-7-3-18(4-8-21)13-27-15-23-17-30-23)19-5-9-20(10-6-19)28-12-2-1-11-26-14-22-16-29-22/h3-10,22-23H,1-2,11-17H2. The van der Waals surface area contributed by atoms with E-state index in [4.69, 9.17) is 28.4 Å². The van der Waals surface area contributed by atoms with Gasteiger partial charge in [0.25, 0.3) is 0 Å². The topological polar surface area (TPSA) is 79.1 Å².